The van der Waals surface area contributed by atoms with E-state index in [-0.39, 0.29) is 10.8 Å². The Hall–Kier alpha value is -2.10. The average molecular weight is 289 g/mol. The van der Waals surface area contributed by atoms with Gasteiger partial charge in [-0.2, -0.15) is 18.4 Å². The number of carbonyl (C=O) groups is 1. The van der Waals surface area contributed by atoms with Crippen molar-refractivity contribution in [1.29, 1.82) is 0 Å². The molecular weight excluding hydrogens is 283 g/mol. The predicted molar refractivity (Wildman–Crippen MR) is 59.4 cm³/mol. The van der Waals surface area contributed by atoms with E-state index < -0.39 is 12.1 Å². The quantitative estimate of drug-likeness (QED) is 0.901. The van der Waals surface area contributed by atoms with Gasteiger partial charge in [0.2, 0.25) is 5.16 Å². The normalized spacial score (nSPS) is 11.3. The summed E-state index contributed by atoms with van der Waals surface area (Å²) in [5.41, 5.74) is 0.0274. The van der Waals surface area contributed by atoms with Crippen molar-refractivity contribution in [2.24, 2.45) is 0 Å². The van der Waals surface area contributed by atoms with Crippen LogP contribution in [0.4, 0.5) is 18.9 Å². The number of rotatable bonds is 3. The summed E-state index contributed by atoms with van der Waals surface area (Å²) in [5, 5.41) is 14.9. The summed E-state index contributed by atoms with van der Waals surface area (Å²) in [6, 6.07) is 6.01. The van der Waals surface area contributed by atoms with Gasteiger partial charge in [0.15, 0.2) is 0 Å². The zero-order chi connectivity index (χ0) is 13.9. The van der Waals surface area contributed by atoms with Crippen molar-refractivity contribution < 1.29 is 18.0 Å². The second kappa shape index (κ2) is 5.26. The number of aromatic amines is 1. The Morgan fingerprint density at radius 1 is 1.32 bits per heavy atom. The van der Waals surface area contributed by atoms with Crippen molar-refractivity contribution in [1.82, 2.24) is 20.6 Å². The highest BCUT2D eigenvalue weighted by Crippen LogP contribution is 2.31. The number of H-pyrrole nitrogens is 1. The van der Waals surface area contributed by atoms with Crippen LogP contribution in [0, 0.1) is 0 Å². The molecular formula is C9H6F3N5OS. The predicted octanol–water partition coefficient (Wildman–Crippen LogP) is 1.85. The van der Waals surface area contributed by atoms with Crippen molar-refractivity contribution >= 4 is 23.4 Å². The Bertz CT molecular complexity index is 571. The van der Waals surface area contributed by atoms with E-state index >= 15 is 0 Å². The third-order valence-corrected chi connectivity index (χ3v) is 2.85. The van der Waals surface area contributed by atoms with E-state index in [1.807, 2.05) is 0 Å². The summed E-state index contributed by atoms with van der Waals surface area (Å²) >= 11 is 0.975. The molecule has 0 spiro atoms. The van der Waals surface area contributed by atoms with Crippen molar-refractivity contribution in [2.75, 3.05) is 5.32 Å². The second-order valence-electron chi connectivity index (χ2n) is 3.24. The molecule has 0 atom stereocenters. The Kier molecular flexibility index (Phi) is 3.69. The number of nitrogens with zero attached hydrogens (tertiary/aromatic N) is 3. The minimum absolute atomic E-state index is 0.0274. The number of benzene rings is 1. The maximum atomic E-state index is 12.2. The Morgan fingerprint density at radius 3 is 2.68 bits per heavy atom. The molecule has 2 N–H and O–H groups in total. The average Bonchev–Trinajstić information content (AvgIpc) is 2.83. The highest BCUT2D eigenvalue weighted by molar-refractivity contribution is 7.99. The van der Waals surface area contributed by atoms with E-state index in [9.17, 15) is 18.0 Å². The number of nitrogens with one attached hydrogen (secondary N) is 2. The fourth-order valence-corrected chi connectivity index (χ4v) is 1.89. The topological polar surface area (TPSA) is 83.6 Å². The molecule has 0 aliphatic carbocycles. The van der Waals surface area contributed by atoms with Crippen molar-refractivity contribution in [3.63, 3.8) is 0 Å². The molecule has 0 fully saturated rings. The smallest absolute Gasteiger partial charge is 0.317 e. The first-order valence-corrected chi connectivity index (χ1v) is 5.67. The maximum absolute atomic E-state index is 12.2. The third-order valence-electron chi connectivity index (χ3n) is 1.92. The Morgan fingerprint density at radius 2 is 2.05 bits per heavy atom. The van der Waals surface area contributed by atoms with Gasteiger partial charge in [0.25, 0.3) is 0 Å². The molecule has 19 heavy (non-hydrogen) atoms. The molecule has 2 aromatic rings. The molecule has 10 heteroatoms. The number of tetrazole rings is 1. The molecule has 0 aliphatic heterocycles. The number of halogens is 3. The Balaban J connectivity index is 2.19. The van der Waals surface area contributed by atoms with E-state index in [1.54, 1.807) is 11.4 Å². The van der Waals surface area contributed by atoms with E-state index in [0.29, 0.717) is 4.90 Å². The molecule has 6 nitrogen and oxygen atoms in total. The number of aromatic nitrogens is 4. The molecule has 0 saturated heterocycles. The Labute approximate surface area is 108 Å². The lowest BCUT2D eigenvalue weighted by atomic mass is 10.3. The molecule has 0 aliphatic rings. The largest absolute Gasteiger partial charge is 0.471 e. The molecule has 0 unspecified atom stereocenters. The van der Waals surface area contributed by atoms with Crippen molar-refractivity contribution in [2.45, 2.75) is 16.2 Å². The van der Waals surface area contributed by atoms with Crippen molar-refractivity contribution in [3.8, 4) is 0 Å². The lowest BCUT2D eigenvalue weighted by Gasteiger charge is -2.10. The fourth-order valence-electron chi connectivity index (χ4n) is 1.15. The number of alkyl halides is 3. The van der Waals surface area contributed by atoms with Gasteiger partial charge in [0.1, 0.15) is 0 Å². The fraction of sp³-hybridized carbons (Fsp3) is 0.111. The molecule has 100 valence electrons. The van der Waals surface area contributed by atoms with Gasteiger partial charge in [-0.3, -0.25) is 4.79 Å². The summed E-state index contributed by atoms with van der Waals surface area (Å²) in [6.45, 7) is 0. The highest BCUT2D eigenvalue weighted by Gasteiger charge is 2.38. The molecule has 0 bridgehead atoms. The summed E-state index contributed by atoms with van der Waals surface area (Å²) in [6.07, 6.45) is -4.94. The number of hydrogen-bond acceptors (Lipinski definition) is 5. The lowest BCUT2D eigenvalue weighted by Crippen LogP contribution is -2.30. The number of carbonyl (C=O) groups excluding carboxylic acids is 1. The minimum Gasteiger partial charge on any atom is -0.317 e. The first-order chi connectivity index (χ1) is 8.97. The van der Waals surface area contributed by atoms with Gasteiger partial charge < -0.3 is 5.32 Å². The van der Waals surface area contributed by atoms with Gasteiger partial charge in [-0.15, -0.1) is 10.2 Å². The van der Waals surface area contributed by atoms with Crippen LogP contribution in [-0.2, 0) is 4.79 Å². The van der Waals surface area contributed by atoms with Crippen LogP contribution in [-0.4, -0.2) is 32.7 Å². The van der Waals surface area contributed by atoms with Gasteiger partial charge in [0, 0.05) is 4.90 Å². The summed E-state index contributed by atoms with van der Waals surface area (Å²) in [4.78, 5) is 11.3. The molecule has 0 saturated carbocycles. The van der Waals surface area contributed by atoms with Gasteiger partial charge in [-0.25, -0.2) is 0 Å². The first kappa shape index (κ1) is 13.3. The SMILES string of the molecule is O=C(Nc1ccccc1Sc1nn[nH]n1)C(F)(F)F. The van der Waals surface area contributed by atoms with E-state index in [1.165, 1.54) is 18.2 Å². The minimum atomic E-state index is -4.94. The van der Waals surface area contributed by atoms with Crippen LogP contribution in [0.1, 0.15) is 0 Å². The zero-order valence-corrected chi connectivity index (χ0v) is 9.92. The maximum Gasteiger partial charge on any atom is 0.471 e. The first-order valence-electron chi connectivity index (χ1n) is 4.85. The monoisotopic (exact) mass is 289 g/mol. The van der Waals surface area contributed by atoms with Crippen LogP contribution in [0.5, 0.6) is 0 Å². The van der Waals surface area contributed by atoms with E-state index in [4.69, 9.17) is 0 Å². The summed E-state index contributed by atoms with van der Waals surface area (Å²) in [7, 11) is 0. The van der Waals surface area contributed by atoms with Crippen LogP contribution < -0.4 is 5.32 Å². The molecule has 1 heterocycles. The molecule has 2 rings (SSSR count). The molecule has 1 aromatic heterocycles. The number of para-hydroxylation sites is 1. The van der Waals surface area contributed by atoms with Gasteiger partial charge in [-0.1, -0.05) is 12.1 Å². The number of amides is 1. The van der Waals surface area contributed by atoms with Crippen LogP contribution in [0.15, 0.2) is 34.3 Å². The van der Waals surface area contributed by atoms with Crippen LogP contribution in [0.25, 0.3) is 0 Å². The standard InChI is InChI=1S/C9H6F3N5OS/c10-9(11,12)7(18)13-5-3-1-2-4-6(5)19-8-14-16-17-15-8/h1-4H,(H,13,18)(H,14,15,16,17). The molecule has 0 radical (unpaired) electrons. The van der Waals surface area contributed by atoms with E-state index in [0.717, 1.165) is 11.8 Å². The summed E-state index contributed by atoms with van der Waals surface area (Å²) < 4.78 is 36.6. The molecule has 1 aromatic carbocycles. The van der Waals surface area contributed by atoms with Crippen LogP contribution in [0.2, 0.25) is 0 Å². The summed E-state index contributed by atoms with van der Waals surface area (Å²) in [5.74, 6) is -2.03. The highest BCUT2D eigenvalue weighted by atomic mass is 32.2. The van der Waals surface area contributed by atoms with Crippen molar-refractivity contribution in [3.05, 3.63) is 24.3 Å². The van der Waals surface area contributed by atoms with E-state index in [2.05, 4.69) is 20.6 Å². The van der Waals surface area contributed by atoms with Crippen LogP contribution in [0.3, 0.4) is 0 Å². The third kappa shape index (κ3) is 3.44. The second-order valence-corrected chi connectivity index (χ2v) is 4.25. The lowest BCUT2D eigenvalue weighted by molar-refractivity contribution is -0.167. The van der Waals surface area contributed by atoms with Crippen LogP contribution >= 0.6 is 11.8 Å². The molecule has 1 amide bonds. The zero-order valence-electron chi connectivity index (χ0n) is 9.10. The number of anilines is 1. The van der Waals surface area contributed by atoms with Gasteiger partial charge in [-0.05, 0) is 29.1 Å². The number of hydrogen-bond donors (Lipinski definition) is 2. The van der Waals surface area contributed by atoms with Gasteiger partial charge in [0.05, 0.1) is 5.69 Å². The van der Waals surface area contributed by atoms with Gasteiger partial charge >= 0.3 is 12.1 Å².